The Morgan fingerprint density at radius 2 is 1.77 bits per heavy atom. The summed E-state index contributed by atoms with van der Waals surface area (Å²) < 4.78 is 6.42. The van der Waals surface area contributed by atoms with Gasteiger partial charge in [0.15, 0.2) is 0 Å². The molecule has 0 saturated carbocycles. The van der Waals surface area contributed by atoms with Gasteiger partial charge in [-0.2, -0.15) is 0 Å². The number of hydrogen-bond acceptors (Lipinski definition) is 5. The van der Waals surface area contributed by atoms with Gasteiger partial charge in [0.25, 0.3) is 0 Å². The summed E-state index contributed by atoms with van der Waals surface area (Å²) in [6.45, 7) is 1.34. The monoisotopic (exact) mass is 561 g/mol. The van der Waals surface area contributed by atoms with E-state index in [1.54, 1.807) is 43.3 Å². The number of anilines is 2. The summed E-state index contributed by atoms with van der Waals surface area (Å²) >= 11 is 9.60. The fraction of sp³-hybridized carbons (Fsp3) is 0.400. The summed E-state index contributed by atoms with van der Waals surface area (Å²) in [6.07, 6.45) is -0.179. The summed E-state index contributed by atoms with van der Waals surface area (Å²) in [4.78, 5) is 42.1. The van der Waals surface area contributed by atoms with Crippen LogP contribution < -0.4 is 10.6 Å². The Hall–Kier alpha value is -2.46. The number of rotatable bonds is 6. The van der Waals surface area contributed by atoms with E-state index in [0.29, 0.717) is 22.8 Å². The first-order valence-corrected chi connectivity index (χ1v) is 12.7. The van der Waals surface area contributed by atoms with Crippen molar-refractivity contribution in [3.63, 3.8) is 0 Å². The molecule has 3 N–H and O–H groups in total. The number of aliphatic hydroxyl groups excluding tert-OH is 1. The number of halogens is 2. The van der Waals surface area contributed by atoms with Gasteiger partial charge in [-0.3, -0.25) is 14.4 Å². The quantitative estimate of drug-likeness (QED) is 0.469. The number of nitrogens with zero attached hydrogens (tertiary/aromatic N) is 1. The molecule has 184 valence electrons. The van der Waals surface area contributed by atoms with Crippen molar-refractivity contribution < 1.29 is 24.2 Å². The molecule has 3 amide bonds. The van der Waals surface area contributed by atoms with Crippen LogP contribution in [0.2, 0.25) is 5.02 Å². The highest BCUT2D eigenvalue weighted by molar-refractivity contribution is 9.09. The van der Waals surface area contributed by atoms with E-state index < -0.39 is 41.5 Å². The van der Waals surface area contributed by atoms with E-state index in [0.717, 1.165) is 0 Å². The third-order valence-electron chi connectivity index (χ3n) is 7.17. The SMILES string of the molecule is C[C@H](CO)N1C(=O)[C@@H]2[C@H](C(=O)Nc3ccccc3)[C@H]3OC2(CC3Br)C1C(=O)Nc1ccc(Cl)cc1. The second-order valence-corrected chi connectivity index (χ2v) is 10.9. The minimum absolute atomic E-state index is 0.215. The van der Waals surface area contributed by atoms with E-state index in [2.05, 4.69) is 26.6 Å². The van der Waals surface area contributed by atoms with Crippen molar-refractivity contribution in [3.8, 4) is 0 Å². The fourth-order valence-corrected chi connectivity index (χ4v) is 6.79. The van der Waals surface area contributed by atoms with Crippen LogP contribution in [0.15, 0.2) is 54.6 Å². The molecule has 1 spiro atoms. The molecular formula is C25H25BrClN3O5. The lowest BCUT2D eigenvalue weighted by Gasteiger charge is -2.35. The average Bonchev–Trinajstić information content (AvgIpc) is 3.44. The maximum absolute atomic E-state index is 13.8. The highest BCUT2D eigenvalue weighted by Crippen LogP contribution is 2.60. The van der Waals surface area contributed by atoms with Crippen molar-refractivity contribution in [1.29, 1.82) is 0 Å². The average molecular weight is 563 g/mol. The Kier molecular flexibility index (Phi) is 6.37. The van der Waals surface area contributed by atoms with Crippen LogP contribution in [0.3, 0.4) is 0 Å². The van der Waals surface area contributed by atoms with Gasteiger partial charge in [0.2, 0.25) is 17.7 Å². The number of ether oxygens (including phenoxy) is 1. The molecule has 2 aromatic carbocycles. The Balaban J connectivity index is 1.50. The van der Waals surface area contributed by atoms with E-state index in [1.165, 1.54) is 4.90 Å². The maximum atomic E-state index is 13.8. The normalized spacial score (nSPS) is 31.8. The molecule has 0 aromatic heterocycles. The highest BCUT2D eigenvalue weighted by Gasteiger charge is 2.76. The summed E-state index contributed by atoms with van der Waals surface area (Å²) in [5.74, 6) is -2.77. The van der Waals surface area contributed by atoms with E-state index >= 15 is 0 Å². The lowest BCUT2D eigenvalue weighted by molar-refractivity contribution is -0.142. The number of nitrogens with one attached hydrogen (secondary N) is 2. The molecule has 3 saturated heterocycles. The molecule has 3 aliphatic heterocycles. The van der Waals surface area contributed by atoms with Crippen LogP contribution >= 0.6 is 27.5 Å². The molecule has 3 aliphatic rings. The molecule has 5 rings (SSSR count). The number of carbonyl (C=O) groups is 3. The topological polar surface area (TPSA) is 108 Å². The lowest BCUT2D eigenvalue weighted by Crippen LogP contribution is -2.56. The van der Waals surface area contributed by atoms with Gasteiger partial charge < -0.3 is 25.4 Å². The second kappa shape index (κ2) is 9.20. The van der Waals surface area contributed by atoms with Crippen molar-refractivity contribution in [2.75, 3.05) is 17.2 Å². The summed E-state index contributed by atoms with van der Waals surface area (Å²) in [6, 6.07) is 14.0. The van der Waals surface area contributed by atoms with Gasteiger partial charge in [-0.1, -0.05) is 45.7 Å². The Bertz CT molecular complexity index is 1150. The number of alkyl halides is 1. The van der Waals surface area contributed by atoms with E-state index in [1.807, 2.05) is 18.2 Å². The highest BCUT2D eigenvalue weighted by atomic mass is 79.9. The number of hydrogen-bond donors (Lipinski definition) is 3. The van der Waals surface area contributed by atoms with E-state index in [4.69, 9.17) is 16.3 Å². The van der Waals surface area contributed by atoms with E-state index in [-0.39, 0.29) is 23.2 Å². The predicted octanol–water partition coefficient (Wildman–Crippen LogP) is 3.05. The number of amides is 3. The first kappa shape index (κ1) is 24.2. The zero-order valence-electron chi connectivity index (χ0n) is 18.9. The standard InChI is InChI=1S/C25H25BrClN3O5/c1-13(12-31)30-21(23(33)29-16-9-7-14(27)8-10-16)25-11-17(26)20(35-25)18(19(25)24(30)34)22(32)28-15-5-3-2-4-6-15/h2-10,13,17-21,31H,11-12H2,1H3,(H,28,32)(H,29,33)/t13-,17?,18+,19+,20+,21?,25?/m1/s1. The Morgan fingerprint density at radius 1 is 1.14 bits per heavy atom. The zero-order chi connectivity index (χ0) is 24.9. The van der Waals surface area contributed by atoms with Crippen LogP contribution in [0.25, 0.3) is 0 Å². The largest absolute Gasteiger partial charge is 0.394 e. The van der Waals surface area contributed by atoms with Crippen LogP contribution in [0.1, 0.15) is 13.3 Å². The zero-order valence-corrected chi connectivity index (χ0v) is 21.2. The number of likely N-dealkylation sites (tertiary alicyclic amines) is 1. The van der Waals surface area contributed by atoms with Gasteiger partial charge in [-0.05, 0) is 49.7 Å². The van der Waals surface area contributed by atoms with Crippen molar-refractivity contribution >= 4 is 56.6 Å². The molecule has 3 fully saturated rings. The summed E-state index contributed by atoms with van der Waals surface area (Å²) in [7, 11) is 0. The van der Waals surface area contributed by atoms with Crippen LogP contribution in [0.4, 0.5) is 11.4 Å². The van der Waals surface area contributed by atoms with Crippen molar-refractivity contribution in [2.24, 2.45) is 11.8 Å². The lowest BCUT2D eigenvalue weighted by atomic mass is 9.70. The first-order valence-electron chi connectivity index (χ1n) is 11.4. The molecule has 8 nitrogen and oxygen atoms in total. The molecule has 3 heterocycles. The van der Waals surface area contributed by atoms with E-state index in [9.17, 15) is 19.5 Å². The molecule has 2 aromatic rings. The van der Waals surface area contributed by atoms with Crippen molar-refractivity contribution in [2.45, 2.75) is 42.0 Å². The van der Waals surface area contributed by atoms with Crippen molar-refractivity contribution in [3.05, 3.63) is 59.6 Å². The fourth-order valence-electron chi connectivity index (χ4n) is 5.72. The molecular weight excluding hydrogens is 538 g/mol. The Labute approximate surface area is 216 Å². The number of aliphatic hydroxyl groups is 1. The third kappa shape index (κ3) is 3.94. The van der Waals surface area contributed by atoms with Gasteiger partial charge in [-0.25, -0.2) is 0 Å². The molecule has 0 aliphatic carbocycles. The van der Waals surface area contributed by atoms with Gasteiger partial charge in [0.05, 0.1) is 30.6 Å². The van der Waals surface area contributed by atoms with Gasteiger partial charge in [-0.15, -0.1) is 0 Å². The third-order valence-corrected chi connectivity index (χ3v) is 8.27. The molecule has 2 bridgehead atoms. The summed E-state index contributed by atoms with van der Waals surface area (Å²) in [5, 5.41) is 16.2. The van der Waals surface area contributed by atoms with Crippen LogP contribution in [0, 0.1) is 11.8 Å². The molecule has 35 heavy (non-hydrogen) atoms. The predicted molar refractivity (Wildman–Crippen MR) is 134 cm³/mol. The van der Waals surface area contributed by atoms with Gasteiger partial charge in [0, 0.05) is 21.2 Å². The summed E-state index contributed by atoms with van der Waals surface area (Å²) in [5.41, 5.74) is -0.0673. The smallest absolute Gasteiger partial charge is 0.250 e. The number of para-hydroxylation sites is 1. The van der Waals surface area contributed by atoms with Crippen LogP contribution in [0.5, 0.6) is 0 Å². The first-order chi connectivity index (χ1) is 16.8. The minimum atomic E-state index is -1.20. The molecule has 3 unspecified atom stereocenters. The minimum Gasteiger partial charge on any atom is -0.394 e. The Morgan fingerprint density at radius 3 is 2.43 bits per heavy atom. The van der Waals surface area contributed by atoms with Gasteiger partial charge >= 0.3 is 0 Å². The van der Waals surface area contributed by atoms with Crippen LogP contribution in [-0.4, -0.2) is 63.0 Å². The number of fused-ring (bicyclic) bond motifs is 1. The maximum Gasteiger partial charge on any atom is 0.250 e. The number of carbonyl (C=O) groups excluding carboxylic acids is 3. The number of benzene rings is 2. The van der Waals surface area contributed by atoms with Gasteiger partial charge in [0.1, 0.15) is 11.6 Å². The molecule has 10 heteroatoms. The van der Waals surface area contributed by atoms with Crippen LogP contribution in [-0.2, 0) is 19.1 Å². The molecule has 7 atom stereocenters. The molecule has 0 radical (unpaired) electrons. The second-order valence-electron chi connectivity index (χ2n) is 9.29. The van der Waals surface area contributed by atoms with Crippen molar-refractivity contribution in [1.82, 2.24) is 4.90 Å².